The first-order valence-electron chi connectivity index (χ1n) is 17.5. The van der Waals surface area contributed by atoms with E-state index in [0.717, 1.165) is 106 Å². The molecule has 8 heterocycles. The monoisotopic (exact) mass is 829 g/mol. The Morgan fingerprint density at radius 1 is 0.769 bits per heavy atom. The van der Waals surface area contributed by atoms with Crippen LogP contribution in [0.5, 0.6) is 0 Å². The minimum Gasteiger partial charge on any atom is -0.366 e. The van der Waals surface area contributed by atoms with Crippen molar-refractivity contribution in [1.29, 1.82) is 0 Å². The van der Waals surface area contributed by atoms with Crippen molar-refractivity contribution >= 4 is 60.8 Å². The molecule has 4 N–H and O–H groups in total. The molecule has 2 saturated heterocycles. The molecular formula is C36H41Br2N13O. The van der Waals surface area contributed by atoms with Crippen LogP contribution in [0.2, 0.25) is 0 Å². The number of nitrogens with zero attached hydrogens (tertiary/aromatic N) is 9. The van der Waals surface area contributed by atoms with Crippen molar-refractivity contribution in [2.45, 2.75) is 50.6 Å². The molecule has 0 unspecified atom stereocenters. The highest BCUT2D eigenvalue weighted by molar-refractivity contribution is 9.11. The van der Waals surface area contributed by atoms with Gasteiger partial charge in [0.25, 0.3) is 0 Å². The summed E-state index contributed by atoms with van der Waals surface area (Å²) >= 11 is 7.11. The first-order chi connectivity index (χ1) is 25.5. The molecule has 14 nitrogen and oxygen atoms in total. The number of fused-ring (bicyclic) bond motifs is 2. The number of hydrogen-bond donors (Lipinski definition) is 4. The van der Waals surface area contributed by atoms with Crippen molar-refractivity contribution in [1.82, 2.24) is 54.7 Å². The van der Waals surface area contributed by atoms with Crippen LogP contribution in [-0.4, -0.2) is 83.3 Å². The molecule has 270 valence electrons. The summed E-state index contributed by atoms with van der Waals surface area (Å²) in [4.78, 5) is 31.7. The first-order valence-corrected chi connectivity index (χ1v) is 19.1. The lowest BCUT2D eigenvalue weighted by Crippen LogP contribution is -2.42. The lowest BCUT2D eigenvalue weighted by Gasteiger charge is -2.31. The number of amides is 2. The number of carbonyl (C=O) groups is 1. The smallest absolute Gasteiger partial charge is 0.317 e. The number of hydrogen-bond acceptors (Lipinski definition) is 10. The predicted molar refractivity (Wildman–Crippen MR) is 207 cm³/mol. The molecular weight excluding hydrogens is 790 g/mol. The summed E-state index contributed by atoms with van der Waals surface area (Å²) in [5.74, 6) is 2.66. The zero-order valence-corrected chi connectivity index (χ0v) is 32.0. The van der Waals surface area contributed by atoms with Gasteiger partial charge in [0.1, 0.15) is 11.6 Å². The average molecular weight is 832 g/mol. The highest BCUT2D eigenvalue weighted by Gasteiger charge is 2.26. The van der Waals surface area contributed by atoms with Crippen molar-refractivity contribution in [2.24, 2.45) is 0 Å². The van der Waals surface area contributed by atoms with Crippen molar-refractivity contribution in [3.8, 4) is 0 Å². The third-order valence-corrected chi connectivity index (χ3v) is 10.6. The first kappa shape index (κ1) is 35.7. The lowest BCUT2D eigenvalue weighted by molar-refractivity contribution is 0.183. The molecule has 6 aromatic heterocycles. The molecule has 0 spiro atoms. The Hall–Kier alpha value is -4.67. The zero-order valence-electron chi connectivity index (χ0n) is 28.8. The molecule has 2 aliphatic heterocycles. The summed E-state index contributed by atoms with van der Waals surface area (Å²) in [6.07, 6.45) is 14.9. The fraction of sp³-hybridized carbons (Fsp3) is 0.361. The largest absolute Gasteiger partial charge is 0.366 e. The van der Waals surface area contributed by atoms with Crippen molar-refractivity contribution in [3.63, 3.8) is 0 Å². The van der Waals surface area contributed by atoms with E-state index >= 15 is 0 Å². The highest BCUT2D eigenvalue weighted by atomic mass is 79.9. The highest BCUT2D eigenvalue weighted by Crippen LogP contribution is 2.31. The van der Waals surface area contributed by atoms with Crippen molar-refractivity contribution in [2.75, 3.05) is 43.9 Å². The molecule has 6 aromatic rings. The number of piperidine rings is 2. The number of halogens is 2. The van der Waals surface area contributed by atoms with Crippen LogP contribution in [0.4, 0.5) is 16.4 Å². The molecule has 16 heteroatoms. The summed E-state index contributed by atoms with van der Waals surface area (Å²) in [7, 11) is 1.67. The quantitative estimate of drug-likeness (QED) is 0.144. The van der Waals surface area contributed by atoms with E-state index in [1.807, 2.05) is 44.5 Å². The van der Waals surface area contributed by atoms with Gasteiger partial charge in [0.05, 0.1) is 21.3 Å². The van der Waals surface area contributed by atoms with Gasteiger partial charge in [-0.3, -0.25) is 9.97 Å². The van der Waals surface area contributed by atoms with E-state index in [9.17, 15) is 4.79 Å². The predicted octanol–water partition coefficient (Wildman–Crippen LogP) is 5.98. The Bertz CT molecular complexity index is 2090. The molecule has 0 aliphatic carbocycles. The summed E-state index contributed by atoms with van der Waals surface area (Å²) < 4.78 is 5.44. The molecule has 52 heavy (non-hydrogen) atoms. The second-order valence-electron chi connectivity index (χ2n) is 12.9. The van der Waals surface area contributed by atoms with Gasteiger partial charge in [0, 0.05) is 93.4 Å². The molecule has 0 saturated carbocycles. The topological polar surface area (TPSA) is 155 Å². The van der Waals surface area contributed by atoms with Gasteiger partial charge < -0.3 is 26.2 Å². The number of anilines is 2. The number of nitrogens with one attached hydrogen (secondary N) is 4. The summed E-state index contributed by atoms with van der Waals surface area (Å²) in [6, 6.07) is 12.2. The van der Waals surface area contributed by atoms with Crippen LogP contribution in [0.3, 0.4) is 0 Å². The second kappa shape index (κ2) is 16.8. The van der Waals surface area contributed by atoms with Crippen LogP contribution in [0.1, 0.15) is 60.0 Å². The van der Waals surface area contributed by atoms with E-state index in [-0.39, 0.29) is 6.03 Å². The Kier molecular flexibility index (Phi) is 11.5. The maximum atomic E-state index is 11.8. The Morgan fingerprint density at radius 3 is 1.73 bits per heavy atom. The van der Waals surface area contributed by atoms with Gasteiger partial charge >= 0.3 is 6.03 Å². The molecule has 0 aromatic carbocycles. The van der Waals surface area contributed by atoms with E-state index in [2.05, 4.69) is 91.5 Å². The minimum absolute atomic E-state index is 0.0146. The lowest BCUT2D eigenvalue weighted by atomic mass is 9.93. The number of likely N-dealkylation sites (tertiary alicyclic amines) is 1. The fourth-order valence-corrected chi connectivity index (χ4v) is 7.32. The molecule has 2 fully saturated rings. The second-order valence-corrected chi connectivity index (χ2v) is 14.6. The summed E-state index contributed by atoms with van der Waals surface area (Å²) in [5.41, 5.74) is 6.05. The molecule has 0 radical (unpaired) electrons. The normalized spacial score (nSPS) is 15.3. The average Bonchev–Trinajstić information content (AvgIpc) is 3.78. The van der Waals surface area contributed by atoms with Crippen LogP contribution in [-0.2, 0) is 13.1 Å². The van der Waals surface area contributed by atoms with Crippen molar-refractivity contribution < 1.29 is 4.79 Å². The molecule has 0 bridgehead atoms. The van der Waals surface area contributed by atoms with Crippen molar-refractivity contribution in [3.05, 3.63) is 105 Å². The van der Waals surface area contributed by atoms with Gasteiger partial charge in [0.15, 0.2) is 11.3 Å². The number of pyridine rings is 2. The Balaban J connectivity index is 0.000000164. The summed E-state index contributed by atoms with van der Waals surface area (Å²) in [6.45, 7) is 4.92. The van der Waals surface area contributed by atoms with E-state index in [1.165, 1.54) is 0 Å². The third-order valence-electron chi connectivity index (χ3n) is 9.46. The molecule has 2 aliphatic rings. The van der Waals surface area contributed by atoms with E-state index < -0.39 is 0 Å². The number of rotatable bonds is 8. The van der Waals surface area contributed by atoms with Gasteiger partial charge in [-0.15, -0.1) is 0 Å². The summed E-state index contributed by atoms with van der Waals surface area (Å²) in [5, 5.41) is 21.9. The van der Waals surface area contributed by atoms with Gasteiger partial charge in [-0.25, -0.2) is 14.8 Å². The van der Waals surface area contributed by atoms with Gasteiger partial charge in [-0.1, -0.05) is 12.1 Å². The Morgan fingerprint density at radius 2 is 1.27 bits per heavy atom. The van der Waals surface area contributed by atoms with E-state index in [0.29, 0.717) is 24.9 Å². The maximum Gasteiger partial charge on any atom is 0.317 e. The third kappa shape index (κ3) is 8.34. The number of urea groups is 1. The molecule has 8 rings (SSSR count). The molecule has 0 atom stereocenters. The van der Waals surface area contributed by atoms with E-state index in [4.69, 9.17) is 9.97 Å². The fourth-order valence-electron chi connectivity index (χ4n) is 6.62. The van der Waals surface area contributed by atoms with Gasteiger partial charge in [-0.05, 0) is 93.9 Å². The Labute approximate surface area is 318 Å². The van der Waals surface area contributed by atoms with Crippen LogP contribution in [0.15, 0.2) is 82.5 Å². The molecule has 2 amide bonds. The van der Waals surface area contributed by atoms with Crippen LogP contribution in [0, 0.1) is 0 Å². The SMILES string of the molecule is Brc1cnn2c(NCc3cccnc3)cc(C3CCNCC3)nc12.CNC(=O)N1CCC(c2cc(NCc3cccnc3)n3ncc(Br)c3n2)CC1. The number of aromatic nitrogens is 8. The number of carbonyl (C=O) groups excluding carboxylic acids is 1. The van der Waals surface area contributed by atoms with Crippen LogP contribution in [0.25, 0.3) is 11.3 Å². The van der Waals surface area contributed by atoms with Crippen LogP contribution < -0.4 is 21.3 Å². The van der Waals surface area contributed by atoms with Gasteiger partial charge in [-0.2, -0.15) is 19.2 Å². The van der Waals surface area contributed by atoms with Crippen LogP contribution >= 0.6 is 31.9 Å². The minimum atomic E-state index is -0.0146. The standard InChI is InChI=1S/C19H22BrN7O.C17H19BrN6/c1-21-19(28)26-7-4-14(5-8-26)16-9-17(23-11-13-3-2-6-22-10-13)27-18(25-16)15(20)12-24-27;18-14-11-22-24-16(21-10-12-2-1-5-20-9-12)8-15(23-17(14)24)13-3-6-19-7-4-13/h2-3,6,9-10,12,14,23H,4-5,7-8,11H2,1H3,(H,21,28);1-2,5,8-9,11,13,19,21H,3-4,6-7,10H2. The maximum absolute atomic E-state index is 11.8. The van der Waals surface area contributed by atoms with E-state index in [1.54, 1.807) is 31.8 Å². The zero-order chi connectivity index (χ0) is 35.9. The van der Waals surface area contributed by atoms with Gasteiger partial charge in [0.2, 0.25) is 0 Å².